The van der Waals surface area contributed by atoms with Gasteiger partial charge in [-0.25, -0.2) is 0 Å². The third-order valence-corrected chi connectivity index (χ3v) is 6.76. The number of hydrogen-bond donors (Lipinski definition) is 0. The minimum absolute atomic E-state index is 0.00268. The van der Waals surface area contributed by atoms with Crippen molar-refractivity contribution in [3.8, 4) is 5.75 Å². The fourth-order valence-corrected chi connectivity index (χ4v) is 5.20. The summed E-state index contributed by atoms with van der Waals surface area (Å²) in [5, 5.41) is 0.620. The summed E-state index contributed by atoms with van der Waals surface area (Å²) in [5.41, 5.74) is 2.14. The van der Waals surface area contributed by atoms with Crippen molar-refractivity contribution in [2.45, 2.75) is 10.3 Å². The number of methoxy groups -OCH3 is 2. The van der Waals surface area contributed by atoms with Crippen LogP contribution >= 0.6 is 0 Å². The predicted molar refractivity (Wildman–Crippen MR) is 99.0 cm³/mol. The third kappa shape index (κ3) is 3.82. The molecule has 2 aromatic carbocycles. The standard InChI is InChI=1S/C20H19NO4Se/c1-24-17-10-8-15(9-11-17)19-21(12-16(13-26-19)20(23)25-2)18(22)14-6-4-3-5-7-14/h3-12,19H,13H2,1-2H3. The molecule has 1 aliphatic rings. The summed E-state index contributed by atoms with van der Waals surface area (Å²) < 4.78 is 10.1. The zero-order valence-corrected chi connectivity index (χ0v) is 16.3. The molecule has 1 heterocycles. The van der Waals surface area contributed by atoms with Crippen molar-refractivity contribution in [3.05, 3.63) is 77.5 Å². The van der Waals surface area contributed by atoms with E-state index in [2.05, 4.69) is 0 Å². The van der Waals surface area contributed by atoms with E-state index < -0.39 is 0 Å². The van der Waals surface area contributed by atoms with Gasteiger partial charge < -0.3 is 0 Å². The fourth-order valence-electron chi connectivity index (χ4n) is 2.68. The average molecular weight is 416 g/mol. The quantitative estimate of drug-likeness (QED) is 0.568. The van der Waals surface area contributed by atoms with E-state index in [9.17, 15) is 9.59 Å². The van der Waals surface area contributed by atoms with E-state index in [1.807, 2.05) is 42.5 Å². The Bertz CT molecular complexity index is 817. The van der Waals surface area contributed by atoms with E-state index in [4.69, 9.17) is 9.47 Å². The number of amides is 1. The molecule has 1 aliphatic heterocycles. The molecule has 0 fully saturated rings. The molecule has 3 rings (SSSR count). The van der Waals surface area contributed by atoms with E-state index in [1.165, 1.54) is 7.11 Å². The van der Waals surface area contributed by atoms with Gasteiger partial charge in [0.2, 0.25) is 0 Å². The first kappa shape index (κ1) is 18.2. The van der Waals surface area contributed by atoms with Crippen molar-refractivity contribution in [1.82, 2.24) is 4.90 Å². The first-order valence-electron chi connectivity index (χ1n) is 8.06. The molecule has 0 radical (unpaired) electrons. The van der Waals surface area contributed by atoms with Crippen LogP contribution in [0.25, 0.3) is 0 Å². The van der Waals surface area contributed by atoms with E-state index in [1.54, 1.807) is 30.3 Å². The van der Waals surface area contributed by atoms with E-state index in [-0.39, 0.29) is 31.8 Å². The molecule has 1 amide bonds. The maximum atomic E-state index is 13.1. The Morgan fingerprint density at radius 2 is 1.73 bits per heavy atom. The number of benzene rings is 2. The van der Waals surface area contributed by atoms with E-state index >= 15 is 0 Å². The Balaban J connectivity index is 1.98. The van der Waals surface area contributed by atoms with Crippen LogP contribution < -0.4 is 4.74 Å². The van der Waals surface area contributed by atoms with Gasteiger partial charge in [0.05, 0.1) is 0 Å². The summed E-state index contributed by atoms with van der Waals surface area (Å²) in [4.78, 5) is 26.6. The molecule has 0 saturated carbocycles. The number of esters is 1. The Morgan fingerprint density at radius 1 is 1.04 bits per heavy atom. The van der Waals surface area contributed by atoms with Gasteiger partial charge in [-0.2, -0.15) is 0 Å². The first-order chi connectivity index (χ1) is 12.6. The van der Waals surface area contributed by atoms with Crippen molar-refractivity contribution < 1.29 is 19.1 Å². The van der Waals surface area contributed by atoms with Gasteiger partial charge in [0.25, 0.3) is 0 Å². The van der Waals surface area contributed by atoms with Gasteiger partial charge in [0.1, 0.15) is 0 Å². The van der Waals surface area contributed by atoms with Gasteiger partial charge in [0, 0.05) is 0 Å². The minimum atomic E-state index is -0.383. The summed E-state index contributed by atoms with van der Waals surface area (Å²) in [6, 6.07) is 16.8. The molecule has 6 heteroatoms. The van der Waals surface area contributed by atoms with Crippen LogP contribution in [0.15, 0.2) is 66.4 Å². The van der Waals surface area contributed by atoms with Gasteiger partial charge in [-0.05, 0) is 0 Å². The van der Waals surface area contributed by atoms with Crippen LogP contribution in [0.3, 0.4) is 0 Å². The molecule has 134 valence electrons. The van der Waals surface area contributed by atoms with Crippen LogP contribution in [0, 0.1) is 0 Å². The van der Waals surface area contributed by atoms with Crippen LogP contribution in [0.1, 0.15) is 20.9 Å². The van der Waals surface area contributed by atoms with Crippen molar-refractivity contribution in [2.24, 2.45) is 0 Å². The van der Waals surface area contributed by atoms with Crippen molar-refractivity contribution in [3.63, 3.8) is 0 Å². The van der Waals surface area contributed by atoms with E-state index in [0.29, 0.717) is 16.5 Å². The molecule has 0 saturated heterocycles. The molecule has 1 unspecified atom stereocenters. The van der Waals surface area contributed by atoms with Gasteiger partial charge in [-0.3, -0.25) is 0 Å². The Morgan fingerprint density at radius 3 is 2.35 bits per heavy atom. The monoisotopic (exact) mass is 417 g/mol. The van der Waals surface area contributed by atoms with Gasteiger partial charge >= 0.3 is 159 Å². The molecule has 5 nitrogen and oxygen atoms in total. The summed E-state index contributed by atoms with van der Waals surface area (Å²) in [6.07, 6.45) is 1.64. The predicted octanol–water partition coefficient (Wildman–Crippen LogP) is 3.03. The molecule has 0 N–H and O–H groups in total. The molecule has 26 heavy (non-hydrogen) atoms. The Hall–Kier alpha value is -2.56. The number of hydrogen-bond acceptors (Lipinski definition) is 4. The summed E-state index contributed by atoms with van der Waals surface area (Å²) >= 11 is -0.00268. The molecular weight excluding hydrogens is 397 g/mol. The second-order valence-electron chi connectivity index (χ2n) is 5.66. The van der Waals surface area contributed by atoms with Crippen LogP contribution in [0.5, 0.6) is 5.75 Å². The number of ether oxygens (including phenoxy) is 2. The first-order valence-corrected chi connectivity index (χ1v) is 10.3. The maximum absolute atomic E-state index is 13.1. The topological polar surface area (TPSA) is 55.8 Å². The van der Waals surface area contributed by atoms with Crippen LogP contribution in [0.4, 0.5) is 0 Å². The number of nitrogens with zero attached hydrogens (tertiary/aromatic N) is 1. The molecule has 0 bridgehead atoms. The number of carbonyl (C=O) groups excluding carboxylic acids is 2. The average Bonchev–Trinajstić information content (AvgIpc) is 2.73. The van der Waals surface area contributed by atoms with Crippen LogP contribution in [0.2, 0.25) is 5.32 Å². The second kappa shape index (κ2) is 8.21. The molecule has 1 atom stereocenters. The molecule has 0 aliphatic carbocycles. The molecular formula is C20H19NO4Se. The zero-order chi connectivity index (χ0) is 18.5. The summed E-state index contributed by atoms with van der Waals surface area (Å²) in [5.74, 6) is 0.254. The van der Waals surface area contributed by atoms with E-state index in [0.717, 1.165) is 11.3 Å². The third-order valence-electron chi connectivity index (χ3n) is 4.05. The van der Waals surface area contributed by atoms with Gasteiger partial charge in [0.15, 0.2) is 0 Å². The normalized spacial score (nSPS) is 16.6. The van der Waals surface area contributed by atoms with Crippen molar-refractivity contribution in [1.29, 1.82) is 0 Å². The summed E-state index contributed by atoms with van der Waals surface area (Å²) in [6.45, 7) is 0. The molecule has 2 aromatic rings. The van der Waals surface area contributed by atoms with Crippen LogP contribution in [-0.2, 0) is 9.53 Å². The fraction of sp³-hybridized carbons (Fsp3) is 0.200. The molecule has 0 aromatic heterocycles. The Kier molecular flexibility index (Phi) is 5.76. The zero-order valence-electron chi connectivity index (χ0n) is 14.5. The van der Waals surface area contributed by atoms with Gasteiger partial charge in [-0.1, -0.05) is 0 Å². The number of rotatable bonds is 4. The van der Waals surface area contributed by atoms with Crippen molar-refractivity contribution >= 4 is 26.8 Å². The Labute approximate surface area is 158 Å². The summed E-state index contributed by atoms with van der Waals surface area (Å²) in [7, 11) is 2.98. The van der Waals surface area contributed by atoms with Crippen LogP contribution in [-0.4, -0.2) is 46.0 Å². The van der Waals surface area contributed by atoms with Gasteiger partial charge in [-0.15, -0.1) is 0 Å². The molecule has 0 spiro atoms. The van der Waals surface area contributed by atoms with Crippen molar-refractivity contribution in [2.75, 3.05) is 14.2 Å². The second-order valence-corrected chi connectivity index (χ2v) is 7.90. The SMILES string of the molecule is COC(=O)C1=CN(C(=O)c2ccccc2)C(c2ccc(OC)cc2)[Se]C1. The number of carbonyl (C=O) groups is 2.